The third kappa shape index (κ3) is 4.59. The van der Waals surface area contributed by atoms with Gasteiger partial charge in [-0.05, 0) is 6.42 Å². The first-order valence-corrected chi connectivity index (χ1v) is 4.59. The van der Waals surface area contributed by atoms with Crippen LogP contribution < -0.4 is 0 Å². The van der Waals surface area contributed by atoms with E-state index in [-0.39, 0.29) is 17.5 Å². The molecule has 0 spiro atoms. The molecule has 0 saturated heterocycles. The molecule has 0 aliphatic rings. The zero-order valence-electron chi connectivity index (χ0n) is 8.39. The van der Waals surface area contributed by atoms with E-state index in [0.29, 0.717) is 19.4 Å². The van der Waals surface area contributed by atoms with E-state index in [9.17, 15) is 14.9 Å². The van der Waals surface area contributed by atoms with Crippen molar-refractivity contribution < 1.29 is 9.72 Å². The van der Waals surface area contributed by atoms with E-state index >= 15 is 0 Å². The minimum atomic E-state index is -0.389. The van der Waals surface area contributed by atoms with Crippen molar-refractivity contribution in [3.05, 3.63) is 22.8 Å². The maximum atomic E-state index is 10.6. The van der Waals surface area contributed by atoms with Crippen LogP contribution in [-0.4, -0.2) is 35.4 Å². The van der Waals surface area contributed by atoms with Crippen LogP contribution in [0.5, 0.6) is 0 Å². The number of carbonyl (C=O) groups is 1. The molecule has 0 N–H and O–H groups in total. The van der Waals surface area contributed by atoms with Gasteiger partial charge < -0.3 is 4.90 Å². The highest BCUT2D eigenvalue weighted by molar-refractivity contribution is 5.48. The molecule has 5 heteroatoms. The topological polar surface area (TPSA) is 63.5 Å². The van der Waals surface area contributed by atoms with Crippen LogP contribution >= 0.6 is 0 Å². The largest absolute Gasteiger partial charge is 0.332 e. The van der Waals surface area contributed by atoms with E-state index < -0.39 is 0 Å². The van der Waals surface area contributed by atoms with Gasteiger partial charge >= 0.3 is 0 Å². The van der Waals surface area contributed by atoms with Gasteiger partial charge in [-0.1, -0.05) is 19.4 Å². The molecular weight excluding hydrogens is 184 g/mol. The highest BCUT2D eigenvalue weighted by Gasteiger charge is 2.20. The van der Waals surface area contributed by atoms with Gasteiger partial charge in [-0.2, -0.15) is 0 Å². The van der Waals surface area contributed by atoms with Gasteiger partial charge in [-0.3, -0.25) is 14.9 Å². The smallest absolute Gasteiger partial charge is 0.224 e. The van der Waals surface area contributed by atoms with E-state index in [2.05, 4.69) is 6.58 Å². The second-order valence-corrected chi connectivity index (χ2v) is 3.05. The Kier molecular flexibility index (Phi) is 6.36. The highest BCUT2D eigenvalue weighted by Crippen LogP contribution is 2.05. The van der Waals surface area contributed by atoms with E-state index in [0.717, 1.165) is 6.42 Å². The summed E-state index contributed by atoms with van der Waals surface area (Å²) < 4.78 is 0. The molecule has 1 unspecified atom stereocenters. The number of rotatable bonds is 8. The van der Waals surface area contributed by atoms with Crippen LogP contribution in [-0.2, 0) is 4.79 Å². The summed E-state index contributed by atoms with van der Waals surface area (Å²) in [5, 5.41) is 10.3. The molecule has 0 fully saturated rings. The van der Waals surface area contributed by atoms with Crippen molar-refractivity contribution in [1.82, 2.24) is 4.90 Å². The van der Waals surface area contributed by atoms with Crippen molar-refractivity contribution >= 4 is 6.41 Å². The second kappa shape index (κ2) is 7.06. The molecule has 0 aromatic heterocycles. The number of nitro groups is 1. The van der Waals surface area contributed by atoms with Crippen LogP contribution in [0.15, 0.2) is 12.7 Å². The molecule has 0 bridgehead atoms. The number of carbonyl (C=O) groups excluding carboxylic acids is 1. The zero-order chi connectivity index (χ0) is 11.0. The van der Waals surface area contributed by atoms with Crippen LogP contribution in [0.4, 0.5) is 0 Å². The summed E-state index contributed by atoms with van der Waals surface area (Å²) in [6.45, 7) is 5.60. The van der Waals surface area contributed by atoms with E-state index in [1.54, 1.807) is 6.08 Å². The highest BCUT2D eigenvalue weighted by atomic mass is 16.6. The number of amides is 1. The van der Waals surface area contributed by atoms with Gasteiger partial charge in [0.05, 0.1) is 6.04 Å². The summed E-state index contributed by atoms with van der Waals surface area (Å²) >= 11 is 0. The van der Waals surface area contributed by atoms with E-state index in [1.807, 2.05) is 6.92 Å². The van der Waals surface area contributed by atoms with Gasteiger partial charge in [0.25, 0.3) is 0 Å². The molecule has 0 aliphatic carbocycles. The maximum absolute atomic E-state index is 10.6. The molecule has 5 nitrogen and oxygen atoms in total. The SMILES string of the molecule is C=CCN(C=O)C(CCC)C[N+](=O)[O-]. The van der Waals surface area contributed by atoms with Gasteiger partial charge in [-0.15, -0.1) is 6.58 Å². The van der Waals surface area contributed by atoms with Crippen molar-refractivity contribution in [2.75, 3.05) is 13.1 Å². The Labute approximate surface area is 83.5 Å². The second-order valence-electron chi connectivity index (χ2n) is 3.05. The Balaban J connectivity index is 4.32. The molecule has 0 aromatic rings. The van der Waals surface area contributed by atoms with Crippen molar-refractivity contribution in [2.24, 2.45) is 0 Å². The molecule has 1 atom stereocenters. The van der Waals surface area contributed by atoms with Gasteiger partial charge in [0.1, 0.15) is 0 Å². The Hall–Kier alpha value is -1.39. The quantitative estimate of drug-likeness (QED) is 0.255. The van der Waals surface area contributed by atoms with Crippen LogP contribution in [0.1, 0.15) is 19.8 Å². The molecule has 80 valence electrons. The average Bonchev–Trinajstić information content (AvgIpc) is 2.13. The van der Waals surface area contributed by atoms with Crippen LogP contribution in [0.2, 0.25) is 0 Å². The lowest BCUT2D eigenvalue weighted by atomic mass is 10.1. The predicted octanol–water partition coefficient (Wildman–Crippen LogP) is 1.08. The first-order valence-electron chi connectivity index (χ1n) is 4.59. The molecule has 0 aromatic carbocycles. The lowest BCUT2D eigenvalue weighted by Crippen LogP contribution is -2.39. The van der Waals surface area contributed by atoms with Gasteiger partial charge in [0.2, 0.25) is 13.0 Å². The molecule has 0 rings (SSSR count). The molecule has 0 saturated carbocycles. The fourth-order valence-electron chi connectivity index (χ4n) is 1.29. The zero-order valence-corrected chi connectivity index (χ0v) is 8.39. The summed E-state index contributed by atoms with van der Waals surface area (Å²) in [4.78, 5) is 22.0. The van der Waals surface area contributed by atoms with Crippen LogP contribution in [0.25, 0.3) is 0 Å². The molecule has 14 heavy (non-hydrogen) atoms. The number of hydrogen-bond donors (Lipinski definition) is 0. The lowest BCUT2D eigenvalue weighted by Gasteiger charge is -2.23. The van der Waals surface area contributed by atoms with Crippen molar-refractivity contribution in [2.45, 2.75) is 25.8 Å². The minimum Gasteiger partial charge on any atom is -0.332 e. The standard InChI is InChI=1S/C9H16N2O3/c1-3-5-9(7-11(13)14)10(8-12)6-4-2/h4,8-9H,2-3,5-7H2,1H3. The maximum Gasteiger partial charge on any atom is 0.224 e. The molecule has 0 radical (unpaired) electrons. The van der Waals surface area contributed by atoms with E-state index in [1.165, 1.54) is 4.90 Å². The summed E-state index contributed by atoms with van der Waals surface area (Å²) in [6, 6.07) is -0.314. The lowest BCUT2D eigenvalue weighted by molar-refractivity contribution is -0.486. The first kappa shape index (κ1) is 12.6. The molecule has 1 amide bonds. The number of hydrogen-bond acceptors (Lipinski definition) is 3. The number of nitrogens with zero attached hydrogens (tertiary/aromatic N) is 2. The summed E-state index contributed by atoms with van der Waals surface area (Å²) in [5.41, 5.74) is 0. The Morgan fingerprint density at radius 1 is 1.64 bits per heavy atom. The van der Waals surface area contributed by atoms with Crippen molar-refractivity contribution in [1.29, 1.82) is 0 Å². The summed E-state index contributed by atoms with van der Waals surface area (Å²) in [7, 11) is 0. The monoisotopic (exact) mass is 200 g/mol. The summed E-state index contributed by atoms with van der Waals surface area (Å²) in [5.74, 6) is 0. The fourth-order valence-corrected chi connectivity index (χ4v) is 1.29. The van der Waals surface area contributed by atoms with Gasteiger partial charge in [0, 0.05) is 11.5 Å². The molecule has 0 heterocycles. The molecule has 0 aliphatic heterocycles. The van der Waals surface area contributed by atoms with E-state index in [4.69, 9.17) is 0 Å². The Morgan fingerprint density at radius 2 is 2.29 bits per heavy atom. The molecular formula is C9H16N2O3. The van der Waals surface area contributed by atoms with Gasteiger partial charge in [0.15, 0.2) is 0 Å². The summed E-state index contributed by atoms with van der Waals surface area (Å²) in [6.07, 6.45) is 3.68. The van der Waals surface area contributed by atoms with Crippen molar-refractivity contribution in [3.8, 4) is 0 Å². The van der Waals surface area contributed by atoms with Crippen molar-refractivity contribution in [3.63, 3.8) is 0 Å². The Morgan fingerprint density at radius 3 is 2.64 bits per heavy atom. The van der Waals surface area contributed by atoms with Crippen LogP contribution in [0.3, 0.4) is 0 Å². The average molecular weight is 200 g/mol. The van der Waals surface area contributed by atoms with Gasteiger partial charge in [-0.25, -0.2) is 0 Å². The Bertz CT molecular complexity index is 206. The minimum absolute atomic E-state index is 0.194. The fraction of sp³-hybridized carbons (Fsp3) is 0.667. The predicted molar refractivity (Wildman–Crippen MR) is 53.5 cm³/mol. The third-order valence-corrected chi connectivity index (χ3v) is 1.93. The van der Waals surface area contributed by atoms with Crippen LogP contribution in [0, 0.1) is 10.1 Å². The third-order valence-electron chi connectivity index (χ3n) is 1.93. The first-order chi connectivity index (χ1) is 6.65. The normalized spacial score (nSPS) is 11.8.